The molecule has 0 aromatic carbocycles. The van der Waals surface area contributed by atoms with Crippen LogP contribution in [0.15, 0.2) is 12.2 Å². The molecule has 0 saturated carbocycles. The first-order valence-corrected chi connectivity index (χ1v) is 4.28. The molecule has 2 nitrogen and oxygen atoms in total. The summed E-state index contributed by atoms with van der Waals surface area (Å²) in [4.78, 5) is 10.1. The van der Waals surface area contributed by atoms with Gasteiger partial charge in [-0.1, -0.05) is 5.57 Å². The molecular formula is C10H18O2. The maximum Gasteiger partial charge on any atom is 0.122 e. The Bertz CT molecular complexity index is 159. The number of hydrogen-bond acceptors (Lipinski definition) is 2. The van der Waals surface area contributed by atoms with Gasteiger partial charge in [-0.2, -0.15) is 0 Å². The van der Waals surface area contributed by atoms with Crippen LogP contribution >= 0.6 is 0 Å². The summed E-state index contributed by atoms with van der Waals surface area (Å²) >= 11 is 0. The van der Waals surface area contributed by atoms with E-state index in [-0.39, 0.29) is 6.42 Å². The fourth-order valence-corrected chi connectivity index (χ4v) is 1.05. The molecule has 0 aliphatic carbocycles. The van der Waals surface area contributed by atoms with E-state index in [0.29, 0.717) is 6.42 Å². The highest BCUT2D eigenvalue weighted by molar-refractivity contribution is 5.51. The summed E-state index contributed by atoms with van der Waals surface area (Å²) in [5, 5.41) is 9.57. The summed E-state index contributed by atoms with van der Waals surface area (Å²) in [5.41, 5.74) is 0.300. The summed E-state index contributed by atoms with van der Waals surface area (Å²) in [7, 11) is 0. The monoisotopic (exact) mass is 170 g/mol. The molecule has 0 aromatic rings. The summed E-state index contributed by atoms with van der Waals surface area (Å²) in [6.45, 7) is 7.43. The molecule has 0 fully saturated rings. The van der Waals surface area contributed by atoms with Gasteiger partial charge >= 0.3 is 0 Å². The Morgan fingerprint density at radius 3 is 2.67 bits per heavy atom. The van der Waals surface area contributed by atoms with Crippen molar-refractivity contribution in [1.29, 1.82) is 0 Å². The van der Waals surface area contributed by atoms with Crippen molar-refractivity contribution in [2.45, 2.75) is 45.1 Å². The topological polar surface area (TPSA) is 37.3 Å². The zero-order valence-corrected chi connectivity index (χ0v) is 7.97. The zero-order valence-electron chi connectivity index (χ0n) is 7.97. The quantitative estimate of drug-likeness (QED) is 0.489. The average Bonchev–Trinajstić information content (AvgIpc) is 1.85. The van der Waals surface area contributed by atoms with Gasteiger partial charge in [0.1, 0.15) is 6.29 Å². The van der Waals surface area contributed by atoms with Crippen LogP contribution in [0.5, 0.6) is 0 Å². The third-order valence-electron chi connectivity index (χ3n) is 1.84. The minimum absolute atomic E-state index is 0.225. The van der Waals surface area contributed by atoms with Crippen molar-refractivity contribution in [1.82, 2.24) is 0 Å². The van der Waals surface area contributed by atoms with Gasteiger partial charge in [-0.3, -0.25) is 0 Å². The maximum atomic E-state index is 10.1. The van der Waals surface area contributed by atoms with Crippen LogP contribution in [-0.2, 0) is 4.79 Å². The van der Waals surface area contributed by atoms with Crippen LogP contribution in [0.4, 0.5) is 0 Å². The number of carbonyl (C=O) groups is 1. The lowest BCUT2D eigenvalue weighted by Crippen LogP contribution is -2.24. The van der Waals surface area contributed by atoms with Crippen LogP contribution in [0.3, 0.4) is 0 Å². The van der Waals surface area contributed by atoms with E-state index in [0.717, 1.165) is 24.7 Å². The summed E-state index contributed by atoms with van der Waals surface area (Å²) < 4.78 is 0. The van der Waals surface area contributed by atoms with E-state index in [9.17, 15) is 9.90 Å². The number of aliphatic hydroxyl groups is 1. The molecule has 0 amide bonds. The fourth-order valence-electron chi connectivity index (χ4n) is 1.05. The molecule has 70 valence electrons. The van der Waals surface area contributed by atoms with Crippen LogP contribution in [0.2, 0.25) is 0 Å². The van der Waals surface area contributed by atoms with E-state index in [4.69, 9.17) is 0 Å². The van der Waals surface area contributed by atoms with Crippen LogP contribution in [0.25, 0.3) is 0 Å². The second-order valence-electron chi connectivity index (χ2n) is 3.68. The van der Waals surface area contributed by atoms with Crippen molar-refractivity contribution in [3.63, 3.8) is 0 Å². The number of hydrogen-bond donors (Lipinski definition) is 1. The highest BCUT2D eigenvalue weighted by Gasteiger charge is 2.18. The predicted octanol–water partition coefficient (Wildman–Crippen LogP) is 2.07. The van der Waals surface area contributed by atoms with Crippen molar-refractivity contribution in [2.75, 3.05) is 0 Å². The molecule has 1 atom stereocenters. The zero-order chi connectivity index (χ0) is 9.61. The minimum atomic E-state index is -0.822. The molecule has 0 saturated heterocycles. The second-order valence-corrected chi connectivity index (χ2v) is 3.68. The molecule has 0 heterocycles. The van der Waals surface area contributed by atoms with Crippen LogP contribution < -0.4 is 0 Å². The number of allylic oxidation sites excluding steroid dienone is 1. The lowest BCUT2D eigenvalue weighted by atomic mass is 9.95. The molecule has 1 N–H and O–H groups in total. The van der Waals surface area contributed by atoms with Crippen molar-refractivity contribution < 1.29 is 9.90 Å². The molecule has 2 heteroatoms. The van der Waals surface area contributed by atoms with Crippen molar-refractivity contribution in [3.05, 3.63) is 12.2 Å². The van der Waals surface area contributed by atoms with Crippen molar-refractivity contribution >= 4 is 6.29 Å². The second kappa shape index (κ2) is 5.09. The number of carbonyl (C=O) groups excluding carboxylic acids is 1. The van der Waals surface area contributed by atoms with Crippen molar-refractivity contribution in [2.24, 2.45) is 0 Å². The molecule has 0 spiro atoms. The average molecular weight is 170 g/mol. The van der Waals surface area contributed by atoms with Gasteiger partial charge in [-0.05, 0) is 33.1 Å². The Labute approximate surface area is 74.3 Å². The van der Waals surface area contributed by atoms with Crippen LogP contribution in [-0.4, -0.2) is 17.0 Å². The van der Waals surface area contributed by atoms with Gasteiger partial charge in [0.25, 0.3) is 0 Å². The number of rotatable bonds is 6. The Kier molecular flexibility index (Phi) is 4.83. The van der Waals surface area contributed by atoms with Gasteiger partial charge in [0.15, 0.2) is 0 Å². The van der Waals surface area contributed by atoms with E-state index in [2.05, 4.69) is 6.58 Å². The van der Waals surface area contributed by atoms with Gasteiger partial charge in [0, 0.05) is 6.42 Å². The van der Waals surface area contributed by atoms with Gasteiger partial charge in [-0.15, -0.1) is 6.58 Å². The van der Waals surface area contributed by atoms with Gasteiger partial charge in [0.2, 0.25) is 0 Å². The standard InChI is InChI=1S/C10H18O2/c1-9(2)5-4-6-10(3,12)7-8-11/h8,12H,1,4-7H2,2-3H3. The third-order valence-corrected chi connectivity index (χ3v) is 1.84. The van der Waals surface area contributed by atoms with E-state index in [1.54, 1.807) is 6.92 Å². The molecule has 0 radical (unpaired) electrons. The molecule has 0 aliphatic rings. The smallest absolute Gasteiger partial charge is 0.122 e. The first kappa shape index (κ1) is 11.4. The lowest BCUT2D eigenvalue weighted by Gasteiger charge is -2.19. The minimum Gasteiger partial charge on any atom is -0.390 e. The van der Waals surface area contributed by atoms with E-state index in [1.165, 1.54) is 0 Å². The number of aldehydes is 1. The largest absolute Gasteiger partial charge is 0.390 e. The van der Waals surface area contributed by atoms with E-state index in [1.807, 2.05) is 6.92 Å². The molecule has 0 rings (SSSR count). The Hall–Kier alpha value is -0.630. The Balaban J connectivity index is 3.60. The third kappa shape index (κ3) is 6.10. The van der Waals surface area contributed by atoms with Crippen LogP contribution in [0, 0.1) is 0 Å². The van der Waals surface area contributed by atoms with Gasteiger partial charge in [0.05, 0.1) is 5.60 Å². The Morgan fingerprint density at radius 2 is 2.25 bits per heavy atom. The predicted molar refractivity (Wildman–Crippen MR) is 50.0 cm³/mol. The van der Waals surface area contributed by atoms with E-state index >= 15 is 0 Å². The summed E-state index contributed by atoms with van der Waals surface area (Å²) in [5.74, 6) is 0. The molecule has 1 unspecified atom stereocenters. The van der Waals surface area contributed by atoms with Gasteiger partial charge in [-0.25, -0.2) is 0 Å². The highest BCUT2D eigenvalue weighted by atomic mass is 16.3. The molecule has 0 bridgehead atoms. The fraction of sp³-hybridized carbons (Fsp3) is 0.700. The first-order valence-electron chi connectivity index (χ1n) is 4.28. The summed E-state index contributed by atoms with van der Waals surface area (Å²) in [6.07, 6.45) is 3.48. The molecule has 12 heavy (non-hydrogen) atoms. The molecular weight excluding hydrogens is 152 g/mol. The normalized spacial score (nSPS) is 15.2. The highest BCUT2D eigenvalue weighted by Crippen LogP contribution is 2.17. The molecule has 0 aromatic heterocycles. The SMILES string of the molecule is C=C(C)CCCC(C)(O)CC=O. The summed E-state index contributed by atoms with van der Waals surface area (Å²) in [6, 6.07) is 0. The van der Waals surface area contributed by atoms with Gasteiger partial charge < -0.3 is 9.90 Å². The Morgan fingerprint density at radius 1 is 1.67 bits per heavy atom. The lowest BCUT2D eigenvalue weighted by molar-refractivity contribution is -0.112. The van der Waals surface area contributed by atoms with Crippen LogP contribution in [0.1, 0.15) is 39.5 Å². The van der Waals surface area contributed by atoms with Crippen molar-refractivity contribution in [3.8, 4) is 0 Å². The maximum absolute atomic E-state index is 10.1. The molecule has 0 aliphatic heterocycles. The first-order chi connectivity index (χ1) is 5.48. The van der Waals surface area contributed by atoms with E-state index < -0.39 is 5.60 Å².